The maximum atomic E-state index is 15.1. The fraction of sp³-hybridized carbons (Fsp3) is 0.615. The van der Waals surface area contributed by atoms with Gasteiger partial charge in [0.2, 0.25) is 11.8 Å². The number of carbonyl (C=O) groups excluding carboxylic acids is 1. The Morgan fingerprint density at radius 1 is 1.26 bits per heavy atom. The number of halogens is 2. The van der Waals surface area contributed by atoms with Gasteiger partial charge in [0, 0.05) is 57.0 Å². The molecule has 206 valence electrons. The standard InChI is InChI=1S/C26H34F2N6O4/c1-17(24(35)30-22-4-5-23(32-31-22)38-16-18-2-3-18)34-7-6-26(27,28)21(15-34)19-12-20(25(36)29-13-19)14-33-8-10-37-11-9-33/h4-5,12-13,17-18,21H,2-3,6-11,14-16H2,1H3,(H,29,36)(H,30,31,35). The summed E-state index contributed by atoms with van der Waals surface area (Å²) in [6, 6.07) is 4.18. The molecule has 1 saturated carbocycles. The summed E-state index contributed by atoms with van der Waals surface area (Å²) in [5, 5.41) is 10.7. The van der Waals surface area contributed by atoms with Gasteiger partial charge in [-0.2, -0.15) is 0 Å². The molecule has 1 aliphatic carbocycles. The molecule has 12 heteroatoms. The average Bonchev–Trinajstić information content (AvgIpc) is 3.74. The summed E-state index contributed by atoms with van der Waals surface area (Å²) < 4.78 is 41.1. The number of piperidine rings is 1. The number of pyridine rings is 1. The van der Waals surface area contributed by atoms with E-state index < -0.39 is 17.9 Å². The minimum Gasteiger partial charge on any atom is -0.476 e. The lowest BCUT2D eigenvalue weighted by atomic mass is 9.86. The SMILES string of the molecule is CC(C(=O)Nc1ccc(OCC2CC2)nn1)N1CCC(F)(F)C(c2c[nH]c(=O)c(CN3CCOCC3)c2)C1. The van der Waals surface area contributed by atoms with Crippen molar-refractivity contribution in [2.24, 2.45) is 5.92 Å². The Hall–Kier alpha value is -2.96. The Kier molecular flexibility index (Phi) is 8.01. The fourth-order valence-corrected chi connectivity index (χ4v) is 4.84. The number of morpholine rings is 1. The monoisotopic (exact) mass is 532 g/mol. The first kappa shape index (κ1) is 26.6. The molecule has 5 rings (SSSR count). The number of hydrogen-bond acceptors (Lipinski definition) is 8. The average molecular weight is 533 g/mol. The first-order valence-corrected chi connectivity index (χ1v) is 13.2. The third-order valence-electron chi connectivity index (χ3n) is 7.54. The fourth-order valence-electron chi connectivity index (χ4n) is 4.84. The zero-order valence-corrected chi connectivity index (χ0v) is 21.5. The van der Waals surface area contributed by atoms with Gasteiger partial charge in [-0.15, -0.1) is 10.2 Å². The highest BCUT2D eigenvalue weighted by Crippen LogP contribution is 2.40. The van der Waals surface area contributed by atoms with Crippen molar-refractivity contribution >= 4 is 11.7 Å². The quantitative estimate of drug-likeness (QED) is 0.506. The van der Waals surface area contributed by atoms with Crippen LogP contribution in [0.2, 0.25) is 0 Å². The number of anilines is 1. The number of rotatable bonds is 9. The van der Waals surface area contributed by atoms with Gasteiger partial charge < -0.3 is 19.8 Å². The molecule has 3 fully saturated rings. The van der Waals surface area contributed by atoms with Crippen LogP contribution in [0.1, 0.15) is 43.2 Å². The summed E-state index contributed by atoms with van der Waals surface area (Å²) in [5.74, 6) is -3.22. The molecule has 0 radical (unpaired) electrons. The second-order valence-electron chi connectivity index (χ2n) is 10.4. The summed E-state index contributed by atoms with van der Waals surface area (Å²) in [5.41, 5.74) is 0.531. The third-order valence-corrected chi connectivity index (χ3v) is 7.54. The van der Waals surface area contributed by atoms with Crippen LogP contribution in [0.4, 0.5) is 14.6 Å². The Labute approximate surface area is 219 Å². The molecular weight excluding hydrogens is 498 g/mol. The topological polar surface area (TPSA) is 113 Å². The number of aromatic nitrogens is 3. The minimum atomic E-state index is -2.97. The molecule has 1 amide bonds. The van der Waals surface area contributed by atoms with Crippen molar-refractivity contribution in [1.29, 1.82) is 0 Å². The third kappa shape index (κ3) is 6.54. The van der Waals surface area contributed by atoms with Gasteiger partial charge in [-0.25, -0.2) is 8.78 Å². The van der Waals surface area contributed by atoms with Crippen molar-refractivity contribution < 1.29 is 23.0 Å². The van der Waals surface area contributed by atoms with E-state index in [0.29, 0.717) is 62.4 Å². The van der Waals surface area contributed by atoms with Gasteiger partial charge in [-0.3, -0.25) is 19.4 Å². The highest BCUT2D eigenvalue weighted by molar-refractivity contribution is 5.93. The van der Waals surface area contributed by atoms with Crippen LogP contribution in [0.15, 0.2) is 29.2 Å². The predicted octanol–water partition coefficient (Wildman–Crippen LogP) is 2.24. The highest BCUT2D eigenvalue weighted by atomic mass is 19.3. The Morgan fingerprint density at radius 3 is 2.76 bits per heavy atom. The van der Waals surface area contributed by atoms with E-state index in [1.165, 1.54) is 19.0 Å². The van der Waals surface area contributed by atoms with Gasteiger partial charge in [0.05, 0.1) is 31.8 Å². The van der Waals surface area contributed by atoms with Crippen LogP contribution in [0, 0.1) is 5.92 Å². The molecule has 2 unspecified atom stereocenters. The highest BCUT2D eigenvalue weighted by Gasteiger charge is 2.46. The van der Waals surface area contributed by atoms with Gasteiger partial charge in [0.15, 0.2) is 5.82 Å². The van der Waals surface area contributed by atoms with Gasteiger partial charge in [0.1, 0.15) is 0 Å². The number of nitrogens with one attached hydrogen (secondary N) is 2. The van der Waals surface area contributed by atoms with Crippen molar-refractivity contribution in [3.63, 3.8) is 0 Å². The van der Waals surface area contributed by atoms with Crippen molar-refractivity contribution in [3.8, 4) is 5.88 Å². The molecule has 2 N–H and O–H groups in total. The Morgan fingerprint density at radius 2 is 2.05 bits per heavy atom. The first-order chi connectivity index (χ1) is 18.3. The van der Waals surface area contributed by atoms with Crippen LogP contribution in [0.25, 0.3) is 0 Å². The lowest BCUT2D eigenvalue weighted by molar-refractivity contribution is -0.125. The van der Waals surface area contributed by atoms with Crippen molar-refractivity contribution in [2.45, 2.75) is 50.6 Å². The van der Waals surface area contributed by atoms with Crippen molar-refractivity contribution in [2.75, 3.05) is 51.3 Å². The number of aromatic amines is 1. The van der Waals surface area contributed by atoms with E-state index >= 15 is 8.78 Å². The number of carbonyl (C=O) groups is 1. The number of amides is 1. The second-order valence-corrected chi connectivity index (χ2v) is 10.4. The van der Waals surface area contributed by atoms with E-state index in [1.807, 2.05) is 0 Å². The van der Waals surface area contributed by atoms with Gasteiger partial charge in [-0.1, -0.05) is 0 Å². The van der Waals surface area contributed by atoms with Crippen LogP contribution in [-0.2, 0) is 16.1 Å². The van der Waals surface area contributed by atoms with E-state index in [9.17, 15) is 9.59 Å². The summed E-state index contributed by atoms with van der Waals surface area (Å²) in [6.07, 6.45) is 3.32. The summed E-state index contributed by atoms with van der Waals surface area (Å²) >= 11 is 0. The largest absolute Gasteiger partial charge is 0.476 e. The number of hydrogen-bond donors (Lipinski definition) is 2. The zero-order chi connectivity index (χ0) is 26.7. The Balaban J connectivity index is 1.23. The van der Waals surface area contributed by atoms with E-state index in [-0.39, 0.29) is 36.8 Å². The van der Waals surface area contributed by atoms with E-state index in [1.54, 1.807) is 30.0 Å². The first-order valence-electron chi connectivity index (χ1n) is 13.2. The normalized spacial score (nSPS) is 23.1. The lowest BCUT2D eigenvalue weighted by Gasteiger charge is -2.40. The maximum Gasteiger partial charge on any atom is 0.257 e. The number of alkyl halides is 2. The molecule has 10 nitrogen and oxygen atoms in total. The van der Waals surface area contributed by atoms with E-state index in [0.717, 1.165) is 0 Å². The maximum absolute atomic E-state index is 15.1. The van der Waals surface area contributed by atoms with Gasteiger partial charge in [-0.05, 0) is 43.4 Å². The molecule has 2 saturated heterocycles. The molecule has 2 aromatic rings. The van der Waals surface area contributed by atoms with Gasteiger partial charge >= 0.3 is 0 Å². The molecule has 4 heterocycles. The molecule has 0 aromatic carbocycles. The minimum absolute atomic E-state index is 0.0236. The molecule has 3 aliphatic rings. The second kappa shape index (κ2) is 11.4. The lowest BCUT2D eigenvalue weighted by Crippen LogP contribution is -2.52. The molecule has 2 aliphatic heterocycles. The van der Waals surface area contributed by atoms with Crippen molar-refractivity contribution in [1.82, 2.24) is 25.0 Å². The molecule has 38 heavy (non-hydrogen) atoms. The van der Waals surface area contributed by atoms with Crippen LogP contribution >= 0.6 is 0 Å². The number of ether oxygens (including phenoxy) is 2. The molecule has 2 aromatic heterocycles. The van der Waals surface area contributed by atoms with Crippen LogP contribution in [0.5, 0.6) is 5.88 Å². The molecule has 0 bridgehead atoms. The van der Waals surface area contributed by atoms with Crippen LogP contribution < -0.4 is 15.6 Å². The number of nitrogens with zero attached hydrogens (tertiary/aromatic N) is 4. The van der Waals surface area contributed by atoms with Gasteiger partial charge in [0.25, 0.3) is 11.5 Å². The van der Waals surface area contributed by atoms with E-state index in [4.69, 9.17) is 9.47 Å². The summed E-state index contributed by atoms with van der Waals surface area (Å²) in [4.78, 5) is 31.8. The smallest absolute Gasteiger partial charge is 0.257 e. The molecule has 2 atom stereocenters. The number of likely N-dealkylation sites (tertiary alicyclic amines) is 1. The predicted molar refractivity (Wildman–Crippen MR) is 135 cm³/mol. The number of H-pyrrole nitrogens is 1. The molecule has 0 spiro atoms. The summed E-state index contributed by atoms with van der Waals surface area (Å²) in [7, 11) is 0. The van der Waals surface area contributed by atoms with E-state index in [2.05, 4.69) is 25.4 Å². The van der Waals surface area contributed by atoms with Crippen molar-refractivity contribution in [3.05, 3.63) is 45.9 Å². The Bertz CT molecular complexity index is 1170. The zero-order valence-electron chi connectivity index (χ0n) is 21.5. The van der Waals surface area contributed by atoms with Crippen LogP contribution in [0.3, 0.4) is 0 Å². The van der Waals surface area contributed by atoms with Crippen LogP contribution in [-0.4, -0.2) is 88.9 Å². The molecular formula is C26H34F2N6O4. The summed E-state index contributed by atoms with van der Waals surface area (Å²) in [6.45, 7) is 5.25.